The van der Waals surface area contributed by atoms with Crippen molar-refractivity contribution < 1.29 is 4.79 Å². The Kier molecular flexibility index (Phi) is 3.07. The third-order valence-corrected chi connectivity index (χ3v) is 3.61. The van der Waals surface area contributed by atoms with E-state index in [1.54, 1.807) is 16.7 Å². The van der Waals surface area contributed by atoms with Gasteiger partial charge in [-0.05, 0) is 24.6 Å². The quantitative estimate of drug-likeness (QED) is 0.700. The summed E-state index contributed by atoms with van der Waals surface area (Å²) in [7, 11) is 0. The zero-order chi connectivity index (χ0) is 10.8. The molecule has 0 atom stereocenters. The summed E-state index contributed by atoms with van der Waals surface area (Å²) in [6.45, 7) is 2.01. The number of anilines is 1. The molecule has 15 heavy (non-hydrogen) atoms. The minimum atomic E-state index is 0.101. The van der Waals surface area contributed by atoms with Crippen molar-refractivity contribution in [2.45, 2.75) is 13.3 Å². The molecule has 1 aromatic rings. The molecule has 1 aromatic carbocycles. The lowest BCUT2D eigenvalue weighted by molar-refractivity contribution is -0.117. The lowest BCUT2D eigenvalue weighted by atomic mass is 10.2. The third kappa shape index (κ3) is 2.21. The number of rotatable bonds is 1. The molecule has 0 spiro atoms. The van der Waals surface area contributed by atoms with Crippen LogP contribution in [0.4, 0.5) is 5.69 Å². The molecule has 0 aliphatic carbocycles. The first-order chi connectivity index (χ1) is 7.18. The molecule has 0 N–H and O–H groups in total. The molecule has 1 fully saturated rings. The normalized spacial score (nSPS) is 17.0. The van der Waals surface area contributed by atoms with Crippen LogP contribution in [0.1, 0.15) is 12.0 Å². The average molecular weight is 237 g/mol. The zero-order valence-corrected chi connectivity index (χ0v) is 10.0. The molecular weight excluding hydrogens is 226 g/mol. The average Bonchev–Trinajstić information content (AvgIpc) is 2.17. The maximum Gasteiger partial charge on any atom is 0.233 e. The highest BCUT2D eigenvalue weighted by molar-refractivity contribution is 8.23. The summed E-state index contributed by atoms with van der Waals surface area (Å²) in [5.41, 5.74) is 2.02. The van der Waals surface area contributed by atoms with Crippen LogP contribution >= 0.6 is 24.0 Å². The molecule has 1 aliphatic rings. The summed E-state index contributed by atoms with van der Waals surface area (Å²) in [6.07, 6.45) is 0.568. The second kappa shape index (κ2) is 4.33. The molecule has 0 aromatic heterocycles. The Morgan fingerprint density at radius 2 is 2.27 bits per heavy atom. The molecule has 78 valence electrons. The van der Waals surface area contributed by atoms with E-state index in [4.69, 9.17) is 12.2 Å². The fraction of sp³-hybridized carbons (Fsp3) is 0.273. The number of benzene rings is 1. The Bertz CT molecular complexity index is 401. The van der Waals surface area contributed by atoms with Crippen molar-refractivity contribution in [3.63, 3.8) is 0 Å². The number of hydrogen-bond donors (Lipinski definition) is 0. The SMILES string of the molecule is Cc1cccc(N2C(=O)CCSC2=S)c1. The highest BCUT2D eigenvalue weighted by Crippen LogP contribution is 2.26. The van der Waals surface area contributed by atoms with Crippen molar-refractivity contribution in [3.8, 4) is 0 Å². The molecule has 0 bridgehead atoms. The third-order valence-electron chi connectivity index (χ3n) is 2.23. The second-order valence-electron chi connectivity index (χ2n) is 3.43. The van der Waals surface area contributed by atoms with Crippen LogP contribution in [0.5, 0.6) is 0 Å². The van der Waals surface area contributed by atoms with Gasteiger partial charge < -0.3 is 0 Å². The summed E-state index contributed by atoms with van der Waals surface area (Å²) in [4.78, 5) is 13.4. The van der Waals surface area contributed by atoms with Crippen LogP contribution in [-0.2, 0) is 4.79 Å². The number of carbonyl (C=O) groups excluding carboxylic acids is 1. The summed E-state index contributed by atoms with van der Waals surface area (Å²) < 4.78 is 0.664. The van der Waals surface area contributed by atoms with E-state index in [0.29, 0.717) is 10.7 Å². The number of nitrogens with zero attached hydrogens (tertiary/aromatic N) is 1. The molecule has 1 saturated heterocycles. The van der Waals surface area contributed by atoms with Crippen molar-refractivity contribution in [1.29, 1.82) is 0 Å². The monoisotopic (exact) mass is 237 g/mol. The van der Waals surface area contributed by atoms with Crippen molar-refractivity contribution in [2.75, 3.05) is 10.7 Å². The van der Waals surface area contributed by atoms with Gasteiger partial charge in [-0.25, -0.2) is 0 Å². The molecule has 2 rings (SSSR count). The van der Waals surface area contributed by atoms with Gasteiger partial charge in [0.1, 0.15) is 4.32 Å². The van der Waals surface area contributed by atoms with Crippen LogP contribution in [0.2, 0.25) is 0 Å². The highest BCUT2D eigenvalue weighted by Gasteiger charge is 2.24. The predicted molar refractivity (Wildman–Crippen MR) is 68.3 cm³/mol. The van der Waals surface area contributed by atoms with E-state index in [2.05, 4.69) is 0 Å². The van der Waals surface area contributed by atoms with E-state index in [9.17, 15) is 4.79 Å². The van der Waals surface area contributed by atoms with E-state index in [1.165, 1.54) is 0 Å². The van der Waals surface area contributed by atoms with Gasteiger partial charge in [0.15, 0.2) is 0 Å². The molecule has 1 heterocycles. The van der Waals surface area contributed by atoms with E-state index < -0.39 is 0 Å². The van der Waals surface area contributed by atoms with Crippen LogP contribution in [0, 0.1) is 6.92 Å². The van der Waals surface area contributed by atoms with Gasteiger partial charge in [0.05, 0.1) is 5.69 Å². The molecule has 0 saturated carbocycles. The van der Waals surface area contributed by atoms with Gasteiger partial charge in [-0.3, -0.25) is 9.69 Å². The number of carbonyl (C=O) groups is 1. The molecular formula is C11H11NOS2. The number of thiocarbonyl (C=S) groups is 1. The largest absolute Gasteiger partial charge is 0.274 e. The van der Waals surface area contributed by atoms with Crippen molar-refractivity contribution in [3.05, 3.63) is 29.8 Å². The number of thioether (sulfide) groups is 1. The van der Waals surface area contributed by atoms with Gasteiger partial charge >= 0.3 is 0 Å². The molecule has 1 aliphatic heterocycles. The number of amides is 1. The Hall–Kier alpha value is -0.870. The van der Waals surface area contributed by atoms with E-state index in [-0.39, 0.29) is 5.91 Å². The van der Waals surface area contributed by atoms with Crippen LogP contribution in [0.25, 0.3) is 0 Å². The molecule has 0 radical (unpaired) electrons. The lowest BCUT2D eigenvalue weighted by Gasteiger charge is -2.26. The van der Waals surface area contributed by atoms with Gasteiger partial charge in [-0.2, -0.15) is 0 Å². The Balaban J connectivity index is 2.35. The van der Waals surface area contributed by atoms with Gasteiger partial charge in [-0.1, -0.05) is 36.1 Å². The Labute approximate surface area is 98.7 Å². The van der Waals surface area contributed by atoms with Crippen molar-refractivity contribution >= 4 is 39.9 Å². The fourth-order valence-corrected chi connectivity index (χ4v) is 2.77. The van der Waals surface area contributed by atoms with Gasteiger partial charge in [0, 0.05) is 12.2 Å². The highest BCUT2D eigenvalue weighted by atomic mass is 32.2. The minimum absolute atomic E-state index is 0.101. The van der Waals surface area contributed by atoms with Crippen LogP contribution in [0.3, 0.4) is 0 Å². The molecule has 1 amide bonds. The Morgan fingerprint density at radius 1 is 1.47 bits per heavy atom. The van der Waals surface area contributed by atoms with Crippen LogP contribution in [0.15, 0.2) is 24.3 Å². The Morgan fingerprint density at radius 3 is 2.93 bits per heavy atom. The van der Waals surface area contributed by atoms with Gasteiger partial charge in [0.2, 0.25) is 5.91 Å². The molecule has 0 unspecified atom stereocenters. The number of hydrogen-bond acceptors (Lipinski definition) is 3. The van der Waals surface area contributed by atoms with E-state index in [0.717, 1.165) is 17.0 Å². The van der Waals surface area contributed by atoms with Gasteiger partial charge in [-0.15, -0.1) is 0 Å². The van der Waals surface area contributed by atoms with Gasteiger partial charge in [0.25, 0.3) is 0 Å². The summed E-state index contributed by atoms with van der Waals surface area (Å²) in [5.74, 6) is 0.907. The standard InChI is InChI=1S/C11H11NOS2/c1-8-3-2-4-9(7-8)12-10(13)5-6-15-11(12)14/h2-4,7H,5-6H2,1H3. The summed E-state index contributed by atoms with van der Waals surface area (Å²) >= 11 is 6.76. The first-order valence-electron chi connectivity index (χ1n) is 4.75. The first kappa shape index (κ1) is 10.6. The lowest BCUT2D eigenvalue weighted by Crippen LogP contribution is -2.37. The smallest absolute Gasteiger partial charge is 0.233 e. The maximum absolute atomic E-state index is 11.7. The van der Waals surface area contributed by atoms with E-state index in [1.807, 2.05) is 31.2 Å². The van der Waals surface area contributed by atoms with Crippen LogP contribution < -0.4 is 4.90 Å². The summed E-state index contributed by atoms with van der Waals surface area (Å²) in [6, 6.07) is 7.85. The number of aryl methyl sites for hydroxylation is 1. The maximum atomic E-state index is 11.7. The molecule has 4 heteroatoms. The van der Waals surface area contributed by atoms with Crippen LogP contribution in [-0.4, -0.2) is 16.0 Å². The fourth-order valence-electron chi connectivity index (χ4n) is 1.52. The molecule has 2 nitrogen and oxygen atoms in total. The second-order valence-corrected chi connectivity index (χ2v) is 5.16. The predicted octanol–water partition coefficient (Wildman–Crippen LogP) is 2.75. The van der Waals surface area contributed by atoms with Crippen molar-refractivity contribution in [2.24, 2.45) is 0 Å². The topological polar surface area (TPSA) is 20.3 Å². The van der Waals surface area contributed by atoms with E-state index >= 15 is 0 Å². The first-order valence-corrected chi connectivity index (χ1v) is 6.14. The minimum Gasteiger partial charge on any atom is -0.274 e. The summed E-state index contributed by atoms with van der Waals surface area (Å²) in [5, 5.41) is 0. The van der Waals surface area contributed by atoms with Crippen molar-refractivity contribution in [1.82, 2.24) is 0 Å². The zero-order valence-electron chi connectivity index (χ0n) is 8.40.